The van der Waals surface area contributed by atoms with E-state index in [9.17, 15) is 9.59 Å². The van der Waals surface area contributed by atoms with Crippen LogP contribution in [0.2, 0.25) is 10.0 Å². The topological polar surface area (TPSA) is 75.6 Å². The number of carboxylic acid groups (broad SMARTS) is 1. The normalized spacial score (nSPS) is 12.6. The van der Waals surface area contributed by atoms with Gasteiger partial charge in [0.25, 0.3) is 5.91 Å². The van der Waals surface area contributed by atoms with E-state index in [1.54, 1.807) is 24.3 Å². The fraction of sp³-hybridized carbons (Fsp3) is 0.250. The zero-order valence-corrected chi connectivity index (χ0v) is 23.7. The molecular weight excluding hydrogens is 552 g/mol. The molecule has 0 heterocycles. The molecule has 0 aliphatic heterocycles. The van der Waals surface area contributed by atoms with Crippen LogP contribution in [-0.4, -0.2) is 30.6 Å². The van der Waals surface area contributed by atoms with Crippen molar-refractivity contribution in [3.63, 3.8) is 0 Å². The van der Waals surface area contributed by atoms with Gasteiger partial charge in [0.15, 0.2) is 0 Å². The van der Waals surface area contributed by atoms with E-state index in [0.717, 1.165) is 29.5 Å². The Labute approximate surface area is 242 Å². The Hall–Kier alpha value is -3.61. The SMILES string of the molecule is CCCC(c1ccc(C(=O)NCCC(=O)O)cc1)C(c1ccc(Cl)cc1)c1c(Cl)cc(OC)c2c(F)cccc12. The van der Waals surface area contributed by atoms with Gasteiger partial charge in [0, 0.05) is 28.1 Å². The van der Waals surface area contributed by atoms with Gasteiger partial charge in [-0.25, -0.2) is 4.39 Å². The summed E-state index contributed by atoms with van der Waals surface area (Å²) in [6.45, 7) is 2.15. The van der Waals surface area contributed by atoms with Crippen LogP contribution in [0.1, 0.15) is 65.1 Å². The number of methoxy groups -OCH3 is 1. The Bertz CT molecular complexity index is 1510. The average Bonchev–Trinajstić information content (AvgIpc) is 2.94. The van der Waals surface area contributed by atoms with Gasteiger partial charge in [0.1, 0.15) is 11.6 Å². The number of carbonyl (C=O) groups is 2. The number of aliphatic carboxylic acids is 1. The number of nitrogens with one attached hydrogen (secondary N) is 1. The molecule has 0 saturated heterocycles. The maximum Gasteiger partial charge on any atom is 0.305 e. The molecular formula is C32H30Cl2FNO4. The summed E-state index contributed by atoms with van der Waals surface area (Å²) in [6.07, 6.45) is 1.51. The highest BCUT2D eigenvalue weighted by Gasteiger charge is 2.31. The molecule has 4 aromatic rings. The second kappa shape index (κ2) is 13.2. The maximum atomic E-state index is 15.2. The second-order valence-corrected chi connectivity index (χ2v) is 10.4. The Morgan fingerprint density at radius 3 is 2.30 bits per heavy atom. The Morgan fingerprint density at radius 1 is 1.00 bits per heavy atom. The molecule has 2 unspecified atom stereocenters. The van der Waals surface area contributed by atoms with Crippen LogP contribution in [0, 0.1) is 5.82 Å². The van der Waals surface area contributed by atoms with Crippen LogP contribution in [0.5, 0.6) is 5.75 Å². The van der Waals surface area contributed by atoms with E-state index in [-0.39, 0.29) is 30.7 Å². The van der Waals surface area contributed by atoms with Crippen molar-refractivity contribution in [2.24, 2.45) is 0 Å². The van der Waals surface area contributed by atoms with Gasteiger partial charge in [0.2, 0.25) is 0 Å². The van der Waals surface area contributed by atoms with Crippen molar-refractivity contribution in [1.29, 1.82) is 0 Å². The molecule has 1 amide bonds. The third-order valence-corrected chi connectivity index (χ3v) is 7.62. The van der Waals surface area contributed by atoms with E-state index in [0.29, 0.717) is 32.1 Å². The highest BCUT2D eigenvalue weighted by atomic mass is 35.5. The fourth-order valence-corrected chi connectivity index (χ4v) is 5.69. The molecule has 4 rings (SSSR count). The van der Waals surface area contributed by atoms with E-state index < -0.39 is 11.8 Å². The van der Waals surface area contributed by atoms with Gasteiger partial charge in [0.05, 0.1) is 18.9 Å². The summed E-state index contributed by atoms with van der Waals surface area (Å²) in [7, 11) is 1.49. The van der Waals surface area contributed by atoms with Crippen molar-refractivity contribution in [1.82, 2.24) is 5.32 Å². The molecule has 0 aromatic heterocycles. The average molecular weight is 582 g/mol. The third-order valence-electron chi connectivity index (χ3n) is 7.05. The highest BCUT2D eigenvalue weighted by molar-refractivity contribution is 6.33. The lowest BCUT2D eigenvalue weighted by Gasteiger charge is -2.31. The number of carboxylic acids is 1. The largest absolute Gasteiger partial charge is 0.496 e. The summed E-state index contributed by atoms with van der Waals surface area (Å²) in [5.41, 5.74) is 3.17. The van der Waals surface area contributed by atoms with Crippen molar-refractivity contribution in [3.8, 4) is 5.75 Å². The lowest BCUT2D eigenvalue weighted by Crippen LogP contribution is -2.26. The molecule has 0 spiro atoms. The van der Waals surface area contributed by atoms with E-state index in [1.807, 2.05) is 42.5 Å². The molecule has 208 valence electrons. The van der Waals surface area contributed by atoms with Crippen molar-refractivity contribution in [3.05, 3.63) is 111 Å². The summed E-state index contributed by atoms with van der Waals surface area (Å²) in [5, 5.41) is 13.6. The van der Waals surface area contributed by atoms with Crippen LogP contribution in [0.3, 0.4) is 0 Å². The zero-order chi connectivity index (χ0) is 28.8. The molecule has 4 aromatic carbocycles. The number of fused-ring (bicyclic) bond motifs is 1. The molecule has 0 radical (unpaired) electrons. The van der Waals surface area contributed by atoms with Gasteiger partial charge in [-0.05, 0) is 70.8 Å². The van der Waals surface area contributed by atoms with E-state index in [1.165, 1.54) is 13.2 Å². The summed E-state index contributed by atoms with van der Waals surface area (Å²) >= 11 is 13.2. The van der Waals surface area contributed by atoms with Crippen LogP contribution in [0.25, 0.3) is 10.8 Å². The van der Waals surface area contributed by atoms with Gasteiger partial charge >= 0.3 is 5.97 Å². The van der Waals surface area contributed by atoms with Gasteiger partial charge in [-0.15, -0.1) is 0 Å². The number of amides is 1. The molecule has 40 heavy (non-hydrogen) atoms. The van der Waals surface area contributed by atoms with Crippen LogP contribution in [0.4, 0.5) is 4.39 Å². The lowest BCUT2D eigenvalue weighted by atomic mass is 9.73. The van der Waals surface area contributed by atoms with Gasteiger partial charge in [-0.3, -0.25) is 9.59 Å². The molecule has 2 N–H and O–H groups in total. The lowest BCUT2D eigenvalue weighted by molar-refractivity contribution is -0.136. The summed E-state index contributed by atoms with van der Waals surface area (Å²) in [4.78, 5) is 23.3. The predicted octanol–water partition coefficient (Wildman–Crippen LogP) is 8.21. The van der Waals surface area contributed by atoms with E-state index in [4.69, 9.17) is 33.0 Å². The van der Waals surface area contributed by atoms with E-state index >= 15 is 4.39 Å². The Balaban J connectivity index is 1.85. The maximum absolute atomic E-state index is 15.2. The molecule has 0 saturated carbocycles. The molecule has 0 bridgehead atoms. The number of hydrogen-bond acceptors (Lipinski definition) is 3. The molecule has 8 heteroatoms. The fourth-order valence-electron chi connectivity index (χ4n) is 5.24. The Kier molecular flexibility index (Phi) is 9.67. The molecule has 5 nitrogen and oxygen atoms in total. The van der Waals surface area contributed by atoms with Crippen LogP contribution < -0.4 is 10.1 Å². The minimum absolute atomic E-state index is 0.0482. The van der Waals surface area contributed by atoms with Gasteiger partial charge in [-0.1, -0.05) is 72.9 Å². The second-order valence-electron chi connectivity index (χ2n) is 9.58. The first-order valence-corrected chi connectivity index (χ1v) is 13.8. The van der Waals surface area contributed by atoms with E-state index in [2.05, 4.69) is 12.2 Å². The number of hydrogen-bond donors (Lipinski definition) is 2. The van der Waals surface area contributed by atoms with Gasteiger partial charge < -0.3 is 15.2 Å². The molecule has 0 fully saturated rings. The minimum atomic E-state index is -0.976. The smallest absolute Gasteiger partial charge is 0.305 e. The monoisotopic (exact) mass is 581 g/mol. The first kappa shape index (κ1) is 29.4. The van der Waals surface area contributed by atoms with Crippen molar-refractivity contribution >= 4 is 45.9 Å². The summed E-state index contributed by atoms with van der Waals surface area (Å²) in [5.74, 6) is -1.69. The molecule has 0 aliphatic carbocycles. The number of ether oxygens (including phenoxy) is 1. The minimum Gasteiger partial charge on any atom is -0.496 e. The predicted molar refractivity (Wildman–Crippen MR) is 157 cm³/mol. The van der Waals surface area contributed by atoms with Crippen molar-refractivity contribution in [2.45, 2.75) is 38.0 Å². The highest BCUT2D eigenvalue weighted by Crippen LogP contribution is 2.48. The number of carbonyl (C=O) groups excluding carboxylic acids is 1. The van der Waals surface area contributed by atoms with Crippen LogP contribution >= 0.6 is 23.2 Å². The molecule has 0 aliphatic rings. The first-order chi connectivity index (χ1) is 19.2. The Morgan fingerprint density at radius 2 is 1.68 bits per heavy atom. The summed E-state index contributed by atoms with van der Waals surface area (Å²) in [6, 6.07) is 21.5. The number of rotatable bonds is 11. The summed E-state index contributed by atoms with van der Waals surface area (Å²) < 4.78 is 20.7. The number of benzene rings is 4. The standard InChI is InChI=1S/C32H30Cl2FNO4/c1-3-5-23(19-8-10-21(11-9-19)32(39)36-17-16-28(37)38)29(20-12-14-22(33)15-13-20)30-24-6-4-7-26(35)31(24)27(40-2)18-25(30)34/h4,6-15,18,23,29H,3,5,16-17H2,1-2H3,(H,36,39)(H,37,38). The quantitative estimate of drug-likeness (QED) is 0.187. The third kappa shape index (κ3) is 6.40. The van der Waals surface area contributed by atoms with Crippen LogP contribution in [-0.2, 0) is 4.79 Å². The molecule has 2 atom stereocenters. The van der Waals surface area contributed by atoms with Crippen molar-refractivity contribution < 1.29 is 23.8 Å². The number of halogens is 3. The zero-order valence-electron chi connectivity index (χ0n) is 22.2. The van der Waals surface area contributed by atoms with Crippen molar-refractivity contribution in [2.75, 3.05) is 13.7 Å². The van der Waals surface area contributed by atoms with Crippen LogP contribution in [0.15, 0.2) is 72.8 Å². The first-order valence-electron chi connectivity index (χ1n) is 13.0. The van der Waals surface area contributed by atoms with Gasteiger partial charge in [-0.2, -0.15) is 0 Å².